The van der Waals surface area contributed by atoms with E-state index < -0.39 is 0 Å². The number of hydrogen-bond donors (Lipinski definition) is 0. The number of likely N-dealkylation sites (tertiary alicyclic amines) is 1. The van der Waals surface area contributed by atoms with Crippen LogP contribution in [-0.2, 0) is 0 Å². The highest BCUT2D eigenvalue weighted by molar-refractivity contribution is 7.17. The molecule has 1 aromatic carbocycles. The maximum absolute atomic E-state index is 12.8. The molecule has 3 rings (SSSR count). The van der Waals surface area contributed by atoms with Gasteiger partial charge in [-0.05, 0) is 31.7 Å². The quantitative estimate of drug-likeness (QED) is 0.801. The molecule has 1 aliphatic rings. The van der Waals surface area contributed by atoms with Crippen LogP contribution in [-0.4, -0.2) is 28.9 Å². The first-order valence-electron chi connectivity index (χ1n) is 7.58. The summed E-state index contributed by atoms with van der Waals surface area (Å²) < 4.78 is 0. The third kappa shape index (κ3) is 3.03. The monoisotopic (exact) mass is 334 g/mol. The van der Waals surface area contributed by atoms with Crippen LogP contribution in [0.5, 0.6) is 0 Å². The van der Waals surface area contributed by atoms with Gasteiger partial charge in [0.2, 0.25) is 0 Å². The van der Waals surface area contributed by atoms with Gasteiger partial charge in [0.05, 0.1) is 10.7 Å². The topological polar surface area (TPSA) is 33.2 Å². The first kappa shape index (κ1) is 15.5. The average Bonchev–Trinajstić information content (AvgIpc) is 2.88. The largest absolute Gasteiger partial charge is 0.338 e. The van der Waals surface area contributed by atoms with Crippen LogP contribution < -0.4 is 0 Å². The number of rotatable bonds is 2. The van der Waals surface area contributed by atoms with E-state index in [1.54, 1.807) is 0 Å². The summed E-state index contributed by atoms with van der Waals surface area (Å²) in [5, 5.41) is 1.48. The molecule has 0 aliphatic carbocycles. The molecule has 0 N–H and O–H groups in total. The minimum Gasteiger partial charge on any atom is -0.338 e. The van der Waals surface area contributed by atoms with Crippen LogP contribution in [0.25, 0.3) is 10.6 Å². The zero-order valence-electron chi connectivity index (χ0n) is 12.8. The number of aryl methyl sites for hydroxylation is 1. The van der Waals surface area contributed by atoms with Gasteiger partial charge in [0.15, 0.2) is 0 Å². The summed E-state index contributed by atoms with van der Waals surface area (Å²) in [7, 11) is 0. The van der Waals surface area contributed by atoms with E-state index in [1.807, 2.05) is 36.1 Å². The molecule has 1 unspecified atom stereocenters. The fourth-order valence-electron chi connectivity index (χ4n) is 2.86. The van der Waals surface area contributed by atoms with E-state index in [1.165, 1.54) is 17.8 Å². The summed E-state index contributed by atoms with van der Waals surface area (Å²) in [5.41, 5.74) is 1.69. The lowest BCUT2D eigenvalue weighted by molar-refractivity contribution is 0.0687. The Hall–Kier alpha value is -1.39. The summed E-state index contributed by atoms with van der Waals surface area (Å²) in [6.45, 7) is 5.80. The highest BCUT2D eigenvalue weighted by atomic mass is 35.5. The van der Waals surface area contributed by atoms with E-state index in [4.69, 9.17) is 11.6 Å². The van der Waals surface area contributed by atoms with Crippen molar-refractivity contribution in [2.24, 2.45) is 5.92 Å². The lowest BCUT2D eigenvalue weighted by atomic mass is 10.0. The Labute approximate surface area is 139 Å². The number of carbonyl (C=O) groups excluding carboxylic acids is 1. The summed E-state index contributed by atoms with van der Waals surface area (Å²) in [5.74, 6) is 0.689. The Balaban J connectivity index is 1.89. The van der Waals surface area contributed by atoms with Crippen LogP contribution in [0, 0.1) is 12.8 Å². The number of hydrogen-bond acceptors (Lipinski definition) is 3. The van der Waals surface area contributed by atoms with Crippen molar-refractivity contribution in [3.8, 4) is 10.6 Å². The SMILES string of the molecule is Cc1nc(-c2ccccc2Cl)sc1C(=O)N1CCCC(C)C1. The van der Waals surface area contributed by atoms with E-state index in [0.29, 0.717) is 10.9 Å². The number of aromatic nitrogens is 1. The van der Waals surface area contributed by atoms with Crippen LogP contribution in [0.1, 0.15) is 35.1 Å². The van der Waals surface area contributed by atoms with Gasteiger partial charge in [0.25, 0.3) is 5.91 Å². The second-order valence-corrected chi connectivity index (χ2v) is 7.32. The molecule has 2 heterocycles. The molecule has 0 saturated carbocycles. The Kier molecular flexibility index (Phi) is 4.50. The van der Waals surface area contributed by atoms with Crippen molar-refractivity contribution >= 4 is 28.8 Å². The molecule has 1 aromatic heterocycles. The molecule has 22 heavy (non-hydrogen) atoms. The number of benzene rings is 1. The second-order valence-electron chi connectivity index (χ2n) is 5.91. The van der Waals surface area contributed by atoms with Crippen molar-refractivity contribution in [2.45, 2.75) is 26.7 Å². The van der Waals surface area contributed by atoms with E-state index >= 15 is 0 Å². The maximum atomic E-state index is 12.8. The van der Waals surface area contributed by atoms with Gasteiger partial charge >= 0.3 is 0 Å². The minimum atomic E-state index is 0.111. The van der Waals surface area contributed by atoms with Crippen molar-refractivity contribution < 1.29 is 4.79 Å². The lowest BCUT2D eigenvalue weighted by Crippen LogP contribution is -2.39. The standard InChI is InChI=1S/C17H19ClN2OS/c1-11-6-5-9-20(10-11)17(21)15-12(2)19-16(22-15)13-7-3-4-8-14(13)18/h3-4,7-8,11H,5-6,9-10H2,1-2H3. The fraction of sp³-hybridized carbons (Fsp3) is 0.412. The van der Waals surface area contributed by atoms with Crippen molar-refractivity contribution in [1.29, 1.82) is 0 Å². The zero-order chi connectivity index (χ0) is 15.7. The summed E-state index contributed by atoms with van der Waals surface area (Å²) in [6, 6.07) is 7.62. The van der Waals surface area contributed by atoms with Crippen molar-refractivity contribution in [3.05, 3.63) is 39.9 Å². The van der Waals surface area contributed by atoms with Gasteiger partial charge in [-0.25, -0.2) is 4.98 Å². The molecule has 1 aliphatic heterocycles. The third-order valence-electron chi connectivity index (χ3n) is 4.04. The molecule has 5 heteroatoms. The molecular formula is C17H19ClN2OS. The number of nitrogens with zero attached hydrogens (tertiary/aromatic N) is 2. The van der Waals surface area contributed by atoms with Crippen molar-refractivity contribution in [3.63, 3.8) is 0 Å². The van der Waals surface area contributed by atoms with Gasteiger partial charge in [-0.3, -0.25) is 4.79 Å². The molecule has 0 spiro atoms. The molecule has 1 atom stereocenters. The summed E-state index contributed by atoms with van der Waals surface area (Å²) in [6.07, 6.45) is 2.29. The van der Waals surface area contributed by atoms with Gasteiger partial charge in [0.1, 0.15) is 9.88 Å². The van der Waals surface area contributed by atoms with Crippen LogP contribution in [0.2, 0.25) is 5.02 Å². The normalized spacial score (nSPS) is 18.5. The van der Waals surface area contributed by atoms with Gasteiger partial charge < -0.3 is 4.90 Å². The highest BCUT2D eigenvalue weighted by Gasteiger charge is 2.25. The van der Waals surface area contributed by atoms with E-state index in [2.05, 4.69) is 11.9 Å². The molecular weight excluding hydrogens is 316 g/mol. The van der Waals surface area contributed by atoms with Crippen LogP contribution in [0.15, 0.2) is 24.3 Å². The Morgan fingerprint density at radius 2 is 2.18 bits per heavy atom. The molecule has 116 valence electrons. The Bertz CT molecular complexity index is 698. The van der Waals surface area contributed by atoms with E-state index in [0.717, 1.165) is 40.7 Å². The first-order chi connectivity index (χ1) is 10.6. The molecule has 1 fully saturated rings. The number of thiazole rings is 1. The third-order valence-corrected chi connectivity index (χ3v) is 5.55. The number of piperidine rings is 1. The van der Waals surface area contributed by atoms with Crippen LogP contribution in [0.4, 0.5) is 0 Å². The van der Waals surface area contributed by atoms with E-state index in [9.17, 15) is 4.79 Å². The second kappa shape index (κ2) is 6.39. The number of amides is 1. The first-order valence-corrected chi connectivity index (χ1v) is 8.77. The predicted octanol–water partition coefficient (Wildman–Crippen LogP) is 4.64. The molecule has 2 aromatic rings. The number of halogens is 1. The summed E-state index contributed by atoms with van der Waals surface area (Å²) in [4.78, 5) is 20.0. The minimum absolute atomic E-state index is 0.111. The number of carbonyl (C=O) groups is 1. The lowest BCUT2D eigenvalue weighted by Gasteiger charge is -2.30. The van der Waals surface area contributed by atoms with Crippen LogP contribution >= 0.6 is 22.9 Å². The Morgan fingerprint density at radius 1 is 1.41 bits per heavy atom. The maximum Gasteiger partial charge on any atom is 0.265 e. The highest BCUT2D eigenvalue weighted by Crippen LogP contribution is 2.33. The van der Waals surface area contributed by atoms with Crippen molar-refractivity contribution in [1.82, 2.24) is 9.88 Å². The molecule has 0 bridgehead atoms. The summed E-state index contributed by atoms with van der Waals surface area (Å²) >= 11 is 7.68. The predicted molar refractivity (Wildman–Crippen MR) is 91.6 cm³/mol. The Morgan fingerprint density at radius 3 is 2.91 bits per heavy atom. The fourth-order valence-corrected chi connectivity index (χ4v) is 4.22. The van der Waals surface area contributed by atoms with Gasteiger partial charge in [-0.15, -0.1) is 11.3 Å². The van der Waals surface area contributed by atoms with Gasteiger partial charge in [0, 0.05) is 18.7 Å². The van der Waals surface area contributed by atoms with Crippen molar-refractivity contribution in [2.75, 3.05) is 13.1 Å². The van der Waals surface area contributed by atoms with Gasteiger partial charge in [-0.2, -0.15) is 0 Å². The van der Waals surface area contributed by atoms with E-state index in [-0.39, 0.29) is 5.91 Å². The smallest absolute Gasteiger partial charge is 0.265 e. The average molecular weight is 335 g/mol. The molecule has 1 amide bonds. The molecule has 0 radical (unpaired) electrons. The molecule has 1 saturated heterocycles. The van der Waals surface area contributed by atoms with Gasteiger partial charge in [-0.1, -0.05) is 36.7 Å². The molecule has 3 nitrogen and oxygen atoms in total. The van der Waals surface area contributed by atoms with Crippen LogP contribution in [0.3, 0.4) is 0 Å². The zero-order valence-corrected chi connectivity index (χ0v) is 14.4.